The predicted octanol–water partition coefficient (Wildman–Crippen LogP) is 1.99. The van der Waals surface area contributed by atoms with Crippen molar-refractivity contribution in [3.05, 3.63) is 23.8 Å². The van der Waals surface area contributed by atoms with E-state index >= 15 is 0 Å². The first-order chi connectivity index (χ1) is 16.1. The zero-order valence-electron chi connectivity index (χ0n) is 20.3. The fourth-order valence-electron chi connectivity index (χ4n) is 2.64. The van der Waals surface area contributed by atoms with Crippen LogP contribution in [-0.2, 0) is 18.3 Å². The van der Waals surface area contributed by atoms with Gasteiger partial charge in [0, 0.05) is 6.07 Å². The molecule has 0 saturated carbocycles. The van der Waals surface area contributed by atoms with E-state index in [1.54, 1.807) is 6.07 Å². The lowest BCUT2D eigenvalue weighted by Gasteiger charge is -2.24. The number of ether oxygens (including phenoxy) is 3. The summed E-state index contributed by atoms with van der Waals surface area (Å²) in [6.07, 6.45) is 2.68. The number of hydrogen-bond acceptors (Lipinski definition) is 9. The molecule has 0 amide bonds. The maximum atomic E-state index is 12.4. The van der Waals surface area contributed by atoms with Crippen LogP contribution in [0.4, 0.5) is 0 Å². The molecule has 0 spiro atoms. The van der Waals surface area contributed by atoms with Crippen LogP contribution in [0, 0.1) is 0 Å². The molecule has 0 aliphatic rings. The molecule has 11 nitrogen and oxygen atoms in total. The Hall–Kier alpha value is -1.72. The van der Waals surface area contributed by atoms with E-state index in [0.29, 0.717) is 35.4 Å². The van der Waals surface area contributed by atoms with Gasteiger partial charge in [0.1, 0.15) is 37.9 Å². The minimum absolute atomic E-state index is 0.0652. The molecule has 0 aromatic heterocycles. The first kappa shape index (κ1) is 30.3. The Labute approximate surface area is 201 Å². The number of benzene rings is 1. The van der Waals surface area contributed by atoms with Crippen LogP contribution in [0.15, 0.2) is 18.2 Å². The molecule has 1 rings (SSSR count). The number of aliphatic hydroxyl groups excluding tert-OH is 2. The van der Waals surface area contributed by atoms with Crippen molar-refractivity contribution in [1.82, 2.24) is 0 Å². The Balaban J connectivity index is 2.30. The van der Waals surface area contributed by atoms with Gasteiger partial charge in [0.05, 0.1) is 53.1 Å². The number of phosphoric acid groups is 1. The number of quaternary nitrogens is 1. The number of aliphatic hydroxyl groups is 2. The summed E-state index contributed by atoms with van der Waals surface area (Å²) in [7, 11) is 1.84. The first-order valence-electron chi connectivity index (χ1n) is 11.3. The number of hydrogen-bond donors (Lipinski definition) is 3. The highest BCUT2D eigenvalue weighted by molar-refractivity contribution is 7.47. The average molecular weight is 509 g/mol. The molecule has 3 N–H and O–H groups in total. The molecule has 1 aromatic carbocycles. The second-order valence-corrected chi connectivity index (χ2v) is 9.99. The third-order valence-electron chi connectivity index (χ3n) is 4.38. The van der Waals surface area contributed by atoms with Crippen molar-refractivity contribution in [1.29, 1.82) is 0 Å². The van der Waals surface area contributed by atoms with E-state index in [1.807, 2.05) is 21.1 Å². The second kappa shape index (κ2) is 16.0. The van der Waals surface area contributed by atoms with E-state index in [9.17, 15) is 14.3 Å². The third kappa shape index (κ3) is 14.5. The molecular weight excluding hydrogens is 469 g/mol. The van der Waals surface area contributed by atoms with E-state index in [0.717, 1.165) is 12.8 Å². The summed E-state index contributed by atoms with van der Waals surface area (Å²) in [6, 6.07) is 4.55. The highest BCUT2D eigenvalue weighted by Crippen LogP contribution is 2.43. The van der Waals surface area contributed by atoms with Gasteiger partial charge in [0.25, 0.3) is 0 Å². The normalized spacial score (nSPS) is 13.4. The van der Waals surface area contributed by atoms with Crippen molar-refractivity contribution < 1.29 is 52.2 Å². The standard InChI is InChI=1S/C22H38NO10P/c1-23(2,3)8-13-33-34(27,28)32-12-7-5-4-6-11-31-22(26)19-16-20(29-14-9-24)18-21(17-19)30-15-10-25/h16-18,24-25H,4-15H2,1-3H3/p+1. The van der Waals surface area contributed by atoms with E-state index in [2.05, 4.69) is 0 Å². The lowest BCUT2D eigenvalue weighted by Crippen LogP contribution is -2.37. The molecule has 0 bridgehead atoms. The molecule has 1 aromatic rings. The molecule has 34 heavy (non-hydrogen) atoms. The molecule has 0 aliphatic carbocycles. The summed E-state index contributed by atoms with van der Waals surface area (Å²) in [6.45, 7) is 0.817. The van der Waals surface area contributed by atoms with Gasteiger partial charge in [-0.2, -0.15) is 0 Å². The average Bonchev–Trinajstić information content (AvgIpc) is 2.76. The zero-order valence-corrected chi connectivity index (χ0v) is 21.2. The topological polar surface area (TPSA) is 141 Å². The van der Waals surface area contributed by atoms with Gasteiger partial charge in [0.2, 0.25) is 0 Å². The van der Waals surface area contributed by atoms with Gasteiger partial charge in [-0.05, 0) is 31.4 Å². The fourth-order valence-corrected chi connectivity index (χ4v) is 3.38. The van der Waals surface area contributed by atoms with Crippen molar-refractivity contribution in [2.45, 2.75) is 25.7 Å². The number of carbonyl (C=O) groups excluding carboxylic acids is 1. The Morgan fingerprint density at radius 1 is 0.824 bits per heavy atom. The van der Waals surface area contributed by atoms with Crippen LogP contribution in [0.5, 0.6) is 11.5 Å². The minimum Gasteiger partial charge on any atom is -0.491 e. The van der Waals surface area contributed by atoms with Crippen molar-refractivity contribution in [3.63, 3.8) is 0 Å². The second-order valence-electron chi connectivity index (χ2n) is 8.54. The van der Waals surface area contributed by atoms with Gasteiger partial charge < -0.3 is 33.8 Å². The third-order valence-corrected chi connectivity index (χ3v) is 5.40. The maximum absolute atomic E-state index is 12.4. The SMILES string of the molecule is C[N+](C)(C)CCOP(=O)(O)OCCCCCCOC(=O)c1cc(OCCO)cc(OCCO)c1. The Bertz CT molecular complexity index is 742. The largest absolute Gasteiger partial charge is 0.491 e. The van der Waals surface area contributed by atoms with Crippen LogP contribution in [0.1, 0.15) is 36.0 Å². The van der Waals surface area contributed by atoms with Crippen LogP contribution in [-0.4, -0.2) is 99.5 Å². The number of rotatable bonds is 19. The molecule has 0 radical (unpaired) electrons. The van der Waals surface area contributed by atoms with Crippen LogP contribution in [0.2, 0.25) is 0 Å². The molecule has 0 aliphatic heterocycles. The summed E-state index contributed by atoms with van der Waals surface area (Å²) in [5, 5.41) is 17.8. The molecule has 12 heteroatoms. The number of phosphoric ester groups is 1. The van der Waals surface area contributed by atoms with Crippen molar-refractivity contribution in [2.24, 2.45) is 0 Å². The van der Waals surface area contributed by atoms with Crippen molar-refractivity contribution in [3.8, 4) is 11.5 Å². The minimum atomic E-state index is -4.04. The van der Waals surface area contributed by atoms with E-state index in [-0.39, 0.29) is 51.8 Å². The number of nitrogens with zero attached hydrogens (tertiary/aromatic N) is 1. The molecule has 196 valence electrons. The van der Waals surface area contributed by atoms with Gasteiger partial charge in [-0.1, -0.05) is 6.42 Å². The molecule has 1 atom stereocenters. The van der Waals surface area contributed by atoms with Gasteiger partial charge in [-0.3, -0.25) is 9.05 Å². The van der Waals surface area contributed by atoms with E-state index < -0.39 is 13.8 Å². The van der Waals surface area contributed by atoms with Crippen LogP contribution in [0.25, 0.3) is 0 Å². The van der Waals surface area contributed by atoms with E-state index in [1.165, 1.54) is 12.1 Å². The number of unbranched alkanes of at least 4 members (excludes halogenated alkanes) is 3. The predicted molar refractivity (Wildman–Crippen MR) is 125 cm³/mol. The highest BCUT2D eigenvalue weighted by atomic mass is 31.2. The molecule has 1 unspecified atom stereocenters. The number of carbonyl (C=O) groups is 1. The monoisotopic (exact) mass is 508 g/mol. The Morgan fingerprint density at radius 2 is 1.35 bits per heavy atom. The molecular formula is C22H39NO10P+. The molecule has 0 saturated heterocycles. The number of esters is 1. The number of likely N-dealkylation sites (N-methyl/N-ethyl adjacent to an activating group) is 1. The van der Waals surface area contributed by atoms with Crippen LogP contribution in [0.3, 0.4) is 0 Å². The van der Waals surface area contributed by atoms with Gasteiger partial charge in [-0.25, -0.2) is 9.36 Å². The van der Waals surface area contributed by atoms with E-state index in [4.69, 9.17) is 33.5 Å². The van der Waals surface area contributed by atoms with Gasteiger partial charge in [-0.15, -0.1) is 0 Å². The lowest BCUT2D eigenvalue weighted by molar-refractivity contribution is -0.870. The quantitative estimate of drug-likeness (QED) is 0.110. The van der Waals surface area contributed by atoms with Crippen LogP contribution < -0.4 is 9.47 Å². The van der Waals surface area contributed by atoms with Crippen molar-refractivity contribution >= 4 is 13.8 Å². The Morgan fingerprint density at radius 3 is 1.88 bits per heavy atom. The summed E-state index contributed by atoms with van der Waals surface area (Å²) >= 11 is 0. The zero-order chi connectivity index (χ0) is 25.5. The molecule has 0 fully saturated rings. The lowest BCUT2D eigenvalue weighted by atomic mass is 10.2. The summed E-state index contributed by atoms with van der Waals surface area (Å²) in [5.74, 6) is 0.150. The van der Waals surface area contributed by atoms with Gasteiger partial charge >= 0.3 is 13.8 Å². The van der Waals surface area contributed by atoms with Gasteiger partial charge in [0.15, 0.2) is 0 Å². The summed E-state index contributed by atoms with van der Waals surface area (Å²) < 4.78 is 38.3. The van der Waals surface area contributed by atoms with Crippen LogP contribution >= 0.6 is 7.82 Å². The highest BCUT2D eigenvalue weighted by Gasteiger charge is 2.22. The maximum Gasteiger partial charge on any atom is 0.472 e. The summed E-state index contributed by atoms with van der Waals surface area (Å²) in [5.41, 5.74) is 0.237. The fraction of sp³-hybridized carbons (Fsp3) is 0.682. The van der Waals surface area contributed by atoms with Crippen molar-refractivity contribution in [2.75, 3.05) is 73.9 Å². The smallest absolute Gasteiger partial charge is 0.472 e. The Kier molecular flexibility index (Phi) is 14.3. The molecule has 0 heterocycles. The first-order valence-corrected chi connectivity index (χ1v) is 12.8. The summed E-state index contributed by atoms with van der Waals surface area (Å²) in [4.78, 5) is 22.0.